The molecule has 0 bridgehead atoms. The molecule has 0 amide bonds. The monoisotopic (exact) mass is 489 g/mol. The second-order valence-corrected chi connectivity index (χ2v) is 8.92. The SMILES string of the molecule is [2H]c1c(F)c([2H])c(-c2c(C)ccc3c2oc2c(-c4ccc(-c5ccccc5)cc4C([2H])([2H])[2H])c(C#N)ccc23)[n+](C)c1[2H]. The first-order valence-electron chi connectivity index (χ1n) is 14.7. The number of benzene rings is 4. The van der Waals surface area contributed by atoms with Crippen LogP contribution >= 0.6 is 0 Å². The second-order valence-electron chi connectivity index (χ2n) is 8.92. The fourth-order valence-electron chi connectivity index (χ4n) is 4.87. The highest BCUT2D eigenvalue weighted by molar-refractivity contribution is 6.14. The lowest BCUT2D eigenvalue weighted by Crippen LogP contribution is -2.30. The summed E-state index contributed by atoms with van der Waals surface area (Å²) in [4.78, 5) is 0. The minimum Gasteiger partial charge on any atom is -0.454 e. The van der Waals surface area contributed by atoms with Crippen molar-refractivity contribution >= 4 is 21.9 Å². The van der Waals surface area contributed by atoms with Gasteiger partial charge in [-0.1, -0.05) is 60.7 Å². The highest BCUT2D eigenvalue weighted by atomic mass is 19.1. The number of hydrogen-bond acceptors (Lipinski definition) is 2. The molecule has 37 heavy (non-hydrogen) atoms. The molecule has 6 aromatic rings. The molecule has 0 aliphatic heterocycles. The summed E-state index contributed by atoms with van der Waals surface area (Å²) in [6.07, 6.45) is -0.399. The number of aromatic nitrogens is 1. The van der Waals surface area contributed by atoms with Crippen LogP contribution in [0.5, 0.6) is 0 Å². The molecule has 0 aliphatic rings. The minimum atomic E-state index is -2.52. The van der Waals surface area contributed by atoms with Gasteiger partial charge in [0.05, 0.1) is 19.9 Å². The molecule has 0 spiro atoms. The third-order valence-electron chi connectivity index (χ3n) is 6.67. The van der Waals surface area contributed by atoms with E-state index in [-0.39, 0.29) is 22.4 Å². The van der Waals surface area contributed by atoms with Gasteiger partial charge in [-0.05, 0) is 53.7 Å². The van der Waals surface area contributed by atoms with Crippen LogP contribution in [0.25, 0.3) is 55.4 Å². The number of furan rings is 1. The van der Waals surface area contributed by atoms with E-state index >= 15 is 0 Å². The van der Waals surface area contributed by atoms with E-state index in [0.29, 0.717) is 44.2 Å². The Morgan fingerprint density at radius 1 is 0.919 bits per heavy atom. The van der Waals surface area contributed by atoms with Gasteiger partial charge in [0.1, 0.15) is 25.4 Å². The molecule has 2 aromatic heterocycles. The summed E-state index contributed by atoms with van der Waals surface area (Å²) >= 11 is 0. The number of rotatable bonds is 3. The topological polar surface area (TPSA) is 40.8 Å². The normalized spacial score (nSPS) is 13.9. The average molecular weight is 490 g/mol. The van der Waals surface area contributed by atoms with Gasteiger partial charge in [-0.3, -0.25) is 0 Å². The Labute approximate surface area is 223 Å². The van der Waals surface area contributed by atoms with Crippen LogP contribution in [0.2, 0.25) is 0 Å². The molecule has 0 fully saturated rings. The molecular weight excluding hydrogens is 459 g/mol. The Balaban J connectivity index is 1.72. The Bertz CT molecular complexity index is 2120. The van der Waals surface area contributed by atoms with Crippen molar-refractivity contribution in [1.29, 1.82) is 5.26 Å². The van der Waals surface area contributed by atoms with Gasteiger partial charge in [0.15, 0.2) is 6.17 Å². The van der Waals surface area contributed by atoms with Crippen LogP contribution < -0.4 is 4.57 Å². The van der Waals surface area contributed by atoms with E-state index in [2.05, 4.69) is 6.07 Å². The van der Waals surface area contributed by atoms with Crippen molar-refractivity contribution in [2.45, 2.75) is 13.8 Å². The molecule has 4 heteroatoms. The van der Waals surface area contributed by atoms with Crippen LogP contribution in [0, 0.1) is 30.9 Å². The Morgan fingerprint density at radius 3 is 2.43 bits per heavy atom. The predicted molar refractivity (Wildman–Crippen MR) is 145 cm³/mol. The van der Waals surface area contributed by atoms with E-state index in [1.54, 1.807) is 37.3 Å². The van der Waals surface area contributed by atoms with Gasteiger partial charge in [-0.25, -0.2) is 8.96 Å². The molecule has 0 saturated heterocycles. The van der Waals surface area contributed by atoms with Gasteiger partial charge in [0.2, 0.25) is 5.69 Å². The van der Waals surface area contributed by atoms with Crippen molar-refractivity contribution in [1.82, 2.24) is 0 Å². The molecule has 0 aliphatic carbocycles. The summed E-state index contributed by atoms with van der Waals surface area (Å²) in [6.45, 7) is -0.745. The zero-order chi connectivity index (χ0) is 30.8. The van der Waals surface area contributed by atoms with Gasteiger partial charge in [-0.2, -0.15) is 5.26 Å². The maximum Gasteiger partial charge on any atom is 0.219 e. The molecule has 2 heterocycles. The summed E-state index contributed by atoms with van der Waals surface area (Å²) in [5.41, 5.74) is 4.12. The maximum atomic E-state index is 14.9. The number of hydrogen-bond donors (Lipinski definition) is 0. The maximum absolute atomic E-state index is 14.9. The van der Waals surface area contributed by atoms with Crippen LogP contribution in [0.4, 0.5) is 4.39 Å². The van der Waals surface area contributed by atoms with E-state index in [0.717, 1.165) is 5.56 Å². The average Bonchev–Trinajstić information content (AvgIpc) is 3.38. The molecule has 6 rings (SSSR count). The first-order valence-corrected chi connectivity index (χ1v) is 11.7. The summed E-state index contributed by atoms with van der Waals surface area (Å²) in [5.74, 6) is -1.11. The number of nitriles is 1. The highest BCUT2D eigenvalue weighted by Crippen LogP contribution is 2.43. The van der Waals surface area contributed by atoms with Crippen molar-refractivity contribution in [3.05, 3.63) is 114 Å². The van der Waals surface area contributed by atoms with Crippen LogP contribution in [0.3, 0.4) is 0 Å². The summed E-state index contributed by atoms with van der Waals surface area (Å²) < 4.78 is 72.4. The van der Waals surface area contributed by atoms with E-state index in [4.69, 9.17) is 12.6 Å². The van der Waals surface area contributed by atoms with Crippen LogP contribution in [-0.4, -0.2) is 0 Å². The molecule has 0 radical (unpaired) electrons. The Hall–Kier alpha value is -4.75. The van der Waals surface area contributed by atoms with Gasteiger partial charge in [0.25, 0.3) is 0 Å². The fourth-order valence-corrected chi connectivity index (χ4v) is 4.87. The van der Waals surface area contributed by atoms with Crippen molar-refractivity contribution in [3.63, 3.8) is 0 Å². The van der Waals surface area contributed by atoms with Gasteiger partial charge >= 0.3 is 0 Å². The predicted octanol–water partition coefficient (Wildman–Crippen LogP) is 8.04. The zero-order valence-electron chi connectivity index (χ0n) is 26.1. The lowest BCUT2D eigenvalue weighted by Gasteiger charge is -2.11. The molecule has 3 nitrogen and oxygen atoms in total. The molecule has 0 saturated carbocycles. The molecule has 178 valence electrons. The quantitative estimate of drug-likeness (QED) is 0.236. The first kappa shape index (κ1) is 16.8. The second kappa shape index (κ2) is 8.72. The van der Waals surface area contributed by atoms with E-state index < -0.39 is 30.9 Å². The third-order valence-corrected chi connectivity index (χ3v) is 6.67. The van der Waals surface area contributed by atoms with Crippen molar-refractivity contribution in [2.75, 3.05) is 0 Å². The number of fused-ring (bicyclic) bond motifs is 3. The highest BCUT2D eigenvalue weighted by Gasteiger charge is 2.24. The van der Waals surface area contributed by atoms with Gasteiger partial charge in [-0.15, -0.1) is 0 Å². The zero-order valence-corrected chi connectivity index (χ0v) is 20.1. The Morgan fingerprint density at radius 2 is 1.68 bits per heavy atom. The van der Waals surface area contributed by atoms with E-state index in [9.17, 15) is 9.65 Å². The minimum absolute atomic E-state index is 0.0570. The van der Waals surface area contributed by atoms with Crippen molar-refractivity contribution in [2.24, 2.45) is 7.05 Å². The van der Waals surface area contributed by atoms with Gasteiger partial charge < -0.3 is 4.42 Å². The first-order chi connectivity index (χ1) is 20.4. The summed E-state index contributed by atoms with van der Waals surface area (Å²) in [6, 6.07) is 22.4. The van der Waals surface area contributed by atoms with Crippen LogP contribution in [-0.2, 0) is 7.05 Å². The molecule has 0 atom stereocenters. The van der Waals surface area contributed by atoms with Crippen LogP contribution in [0.15, 0.2) is 95.5 Å². The summed E-state index contributed by atoms with van der Waals surface area (Å²) in [5, 5.41) is 11.3. The molecular formula is C33H24FN2O+. The molecule has 0 N–H and O–H groups in total. The molecule has 4 aromatic carbocycles. The van der Waals surface area contributed by atoms with E-state index in [1.807, 2.05) is 42.5 Å². The van der Waals surface area contributed by atoms with E-state index in [1.165, 1.54) is 11.6 Å². The lowest BCUT2D eigenvalue weighted by atomic mass is 9.91. The fraction of sp³-hybridized carbons (Fsp3) is 0.0909. The third kappa shape index (κ3) is 3.68. The number of nitrogens with zero attached hydrogens (tertiary/aromatic N) is 2. The smallest absolute Gasteiger partial charge is 0.219 e. The summed E-state index contributed by atoms with van der Waals surface area (Å²) in [7, 11) is 1.49. The van der Waals surface area contributed by atoms with Gasteiger partial charge in [0, 0.05) is 32.5 Å². The lowest BCUT2D eigenvalue weighted by molar-refractivity contribution is -0.660. The number of aryl methyl sites for hydroxylation is 2. The van der Waals surface area contributed by atoms with Crippen molar-refractivity contribution < 1.29 is 21.6 Å². The molecule has 0 unspecified atom stereocenters. The number of pyridine rings is 1. The van der Waals surface area contributed by atoms with Crippen molar-refractivity contribution in [3.8, 4) is 39.6 Å². The van der Waals surface area contributed by atoms with Crippen LogP contribution in [0.1, 0.15) is 24.9 Å². The number of halogens is 1. The largest absolute Gasteiger partial charge is 0.454 e. The Kier molecular flexibility index (Phi) is 3.97. The standard InChI is InChI=1S/C33H24FN2O/c1-20-9-12-27-28-14-11-24(19-35)31(26-13-10-23(17-21(26)2)22-7-5-4-6-8-22)33(28)37-32(27)30(20)29-18-25(34)15-16-36(29)3/h4-18H,1-3H3/q+1/i2D3,15D,16D,18D.